The summed E-state index contributed by atoms with van der Waals surface area (Å²) in [5.41, 5.74) is 0.440. The standard InChI is InChI=1S/C9H5BrN2O2/c10-8-5-4-6-2-1-3-7(12(13)14)9(6)11-8/h1-5H. The van der Waals surface area contributed by atoms with Gasteiger partial charge in [0.2, 0.25) is 0 Å². The van der Waals surface area contributed by atoms with Crippen LogP contribution in [0.1, 0.15) is 0 Å². The molecule has 1 aromatic heterocycles. The molecule has 0 unspecified atom stereocenters. The Bertz CT molecular complexity index is 513. The molecule has 0 saturated carbocycles. The summed E-state index contributed by atoms with van der Waals surface area (Å²) in [5.74, 6) is 0. The van der Waals surface area contributed by atoms with Crippen LogP contribution in [0.2, 0.25) is 0 Å². The molecule has 0 amide bonds. The van der Waals surface area contributed by atoms with E-state index in [0.717, 1.165) is 5.39 Å². The van der Waals surface area contributed by atoms with E-state index in [1.165, 1.54) is 6.07 Å². The second kappa shape index (κ2) is 3.34. The Balaban J connectivity index is 2.84. The smallest absolute Gasteiger partial charge is 0.258 e. The molecule has 1 heterocycles. The molecule has 0 radical (unpaired) electrons. The van der Waals surface area contributed by atoms with Gasteiger partial charge < -0.3 is 0 Å². The quantitative estimate of drug-likeness (QED) is 0.446. The highest BCUT2D eigenvalue weighted by molar-refractivity contribution is 9.10. The summed E-state index contributed by atoms with van der Waals surface area (Å²) >= 11 is 3.18. The van der Waals surface area contributed by atoms with Crippen LogP contribution in [0.25, 0.3) is 10.9 Å². The van der Waals surface area contributed by atoms with E-state index in [0.29, 0.717) is 10.1 Å². The maximum absolute atomic E-state index is 10.7. The minimum absolute atomic E-state index is 0.0313. The van der Waals surface area contributed by atoms with E-state index >= 15 is 0 Å². The maximum atomic E-state index is 10.7. The molecule has 70 valence electrons. The van der Waals surface area contributed by atoms with E-state index < -0.39 is 4.92 Å². The SMILES string of the molecule is O=[N+]([O-])c1cccc2ccc(Br)nc12. The zero-order valence-electron chi connectivity index (χ0n) is 6.98. The molecule has 0 fully saturated rings. The van der Waals surface area contributed by atoms with Crippen LogP contribution < -0.4 is 0 Å². The second-order valence-electron chi connectivity index (χ2n) is 2.74. The van der Waals surface area contributed by atoms with Crippen molar-refractivity contribution in [1.82, 2.24) is 4.98 Å². The number of aromatic nitrogens is 1. The Morgan fingerprint density at radius 1 is 1.29 bits per heavy atom. The van der Waals surface area contributed by atoms with Gasteiger partial charge in [0.15, 0.2) is 0 Å². The summed E-state index contributed by atoms with van der Waals surface area (Å²) in [4.78, 5) is 14.3. The van der Waals surface area contributed by atoms with Crippen LogP contribution in [-0.4, -0.2) is 9.91 Å². The number of fused-ring (bicyclic) bond motifs is 1. The molecule has 14 heavy (non-hydrogen) atoms. The van der Waals surface area contributed by atoms with Gasteiger partial charge in [0.1, 0.15) is 10.1 Å². The third kappa shape index (κ3) is 1.46. The van der Waals surface area contributed by atoms with Crippen LogP contribution in [0, 0.1) is 10.1 Å². The number of halogens is 1. The largest absolute Gasteiger partial charge is 0.295 e. The minimum atomic E-state index is -0.429. The molecule has 0 N–H and O–H groups in total. The van der Waals surface area contributed by atoms with Crippen molar-refractivity contribution in [3.05, 3.63) is 45.0 Å². The molecule has 0 aliphatic carbocycles. The molecule has 0 aliphatic rings. The van der Waals surface area contributed by atoms with Crippen LogP contribution in [0.4, 0.5) is 5.69 Å². The zero-order chi connectivity index (χ0) is 10.1. The van der Waals surface area contributed by atoms with E-state index in [-0.39, 0.29) is 5.69 Å². The lowest BCUT2D eigenvalue weighted by Crippen LogP contribution is -1.91. The molecule has 0 spiro atoms. The average Bonchev–Trinajstić information content (AvgIpc) is 2.16. The molecule has 2 rings (SSSR count). The average molecular weight is 253 g/mol. The van der Waals surface area contributed by atoms with Crippen LogP contribution >= 0.6 is 15.9 Å². The van der Waals surface area contributed by atoms with E-state index in [2.05, 4.69) is 20.9 Å². The molecule has 0 atom stereocenters. The third-order valence-electron chi connectivity index (χ3n) is 1.86. The van der Waals surface area contributed by atoms with Crippen molar-refractivity contribution in [3.8, 4) is 0 Å². The summed E-state index contributed by atoms with van der Waals surface area (Å²) in [5, 5.41) is 11.4. The summed E-state index contributed by atoms with van der Waals surface area (Å²) in [6.07, 6.45) is 0. The number of nitro benzene ring substituents is 1. The van der Waals surface area contributed by atoms with E-state index in [1.807, 2.05) is 0 Å². The number of para-hydroxylation sites is 1. The number of benzene rings is 1. The van der Waals surface area contributed by atoms with E-state index in [1.54, 1.807) is 24.3 Å². The van der Waals surface area contributed by atoms with Crippen LogP contribution in [-0.2, 0) is 0 Å². The highest BCUT2D eigenvalue weighted by Crippen LogP contribution is 2.24. The fraction of sp³-hybridized carbons (Fsp3) is 0. The molecule has 0 aliphatic heterocycles. The topological polar surface area (TPSA) is 56.0 Å². The molecule has 4 nitrogen and oxygen atoms in total. The van der Waals surface area contributed by atoms with E-state index in [4.69, 9.17) is 0 Å². The van der Waals surface area contributed by atoms with Crippen molar-refractivity contribution in [2.24, 2.45) is 0 Å². The molecule has 2 aromatic rings. The van der Waals surface area contributed by atoms with Gasteiger partial charge in [-0.1, -0.05) is 12.1 Å². The third-order valence-corrected chi connectivity index (χ3v) is 2.30. The van der Waals surface area contributed by atoms with Crippen LogP contribution in [0.15, 0.2) is 34.9 Å². The predicted octanol–water partition coefficient (Wildman–Crippen LogP) is 2.91. The normalized spacial score (nSPS) is 10.4. The number of hydrogen-bond acceptors (Lipinski definition) is 3. The highest BCUT2D eigenvalue weighted by Gasteiger charge is 2.11. The lowest BCUT2D eigenvalue weighted by Gasteiger charge is -1.98. The maximum Gasteiger partial charge on any atom is 0.295 e. The summed E-state index contributed by atoms with van der Waals surface area (Å²) in [7, 11) is 0. The highest BCUT2D eigenvalue weighted by atomic mass is 79.9. The van der Waals surface area contributed by atoms with Gasteiger partial charge in [-0.05, 0) is 28.1 Å². The molecule has 1 aromatic carbocycles. The van der Waals surface area contributed by atoms with Crippen molar-refractivity contribution in [2.45, 2.75) is 0 Å². The van der Waals surface area contributed by atoms with Gasteiger partial charge in [-0.25, -0.2) is 4.98 Å². The zero-order valence-corrected chi connectivity index (χ0v) is 8.56. The van der Waals surface area contributed by atoms with Crippen molar-refractivity contribution < 1.29 is 4.92 Å². The molecule has 0 bridgehead atoms. The van der Waals surface area contributed by atoms with Crippen LogP contribution in [0.5, 0.6) is 0 Å². The minimum Gasteiger partial charge on any atom is -0.258 e. The van der Waals surface area contributed by atoms with E-state index in [9.17, 15) is 10.1 Å². The van der Waals surface area contributed by atoms with Gasteiger partial charge in [0.05, 0.1) is 4.92 Å². The Kier molecular flexibility index (Phi) is 2.17. The van der Waals surface area contributed by atoms with Gasteiger partial charge in [-0.15, -0.1) is 0 Å². The Morgan fingerprint density at radius 2 is 2.07 bits per heavy atom. The molecule has 0 saturated heterocycles. The number of nitrogens with zero attached hydrogens (tertiary/aromatic N) is 2. The van der Waals surface area contributed by atoms with Gasteiger partial charge in [-0.2, -0.15) is 0 Å². The number of hydrogen-bond donors (Lipinski definition) is 0. The summed E-state index contributed by atoms with van der Waals surface area (Å²) < 4.78 is 0.597. The molecular weight excluding hydrogens is 248 g/mol. The molecule has 5 heteroatoms. The second-order valence-corrected chi connectivity index (χ2v) is 3.55. The van der Waals surface area contributed by atoms with Crippen LogP contribution in [0.3, 0.4) is 0 Å². The van der Waals surface area contributed by atoms with Crippen molar-refractivity contribution in [1.29, 1.82) is 0 Å². The number of nitro groups is 1. The first-order valence-corrected chi connectivity index (χ1v) is 4.67. The number of pyridine rings is 1. The first kappa shape index (κ1) is 9.08. The Labute approximate surface area is 87.9 Å². The predicted molar refractivity (Wildman–Crippen MR) is 56.1 cm³/mol. The summed E-state index contributed by atoms with van der Waals surface area (Å²) in [6, 6.07) is 8.44. The number of non-ortho nitro benzene ring substituents is 1. The monoisotopic (exact) mass is 252 g/mol. The lowest BCUT2D eigenvalue weighted by molar-refractivity contribution is -0.383. The summed E-state index contributed by atoms with van der Waals surface area (Å²) in [6.45, 7) is 0. The Hall–Kier alpha value is -1.49. The lowest BCUT2D eigenvalue weighted by atomic mass is 10.2. The first-order valence-electron chi connectivity index (χ1n) is 3.88. The van der Waals surface area contributed by atoms with Gasteiger partial charge in [0.25, 0.3) is 5.69 Å². The van der Waals surface area contributed by atoms with Gasteiger partial charge in [-0.3, -0.25) is 10.1 Å². The van der Waals surface area contributed by atoms with Crippen molar-refractivity contribution in [2.75, 3.05) is 0 Å². The van der Waals surface area contributed by atoms with Crippen molar-refractivity contribution in [3.63, 3.8) is 0 Å². The first-order chi connectivity index (χ1) is 6.68. The number of rotatable bonds is 1. The van der Waals surface area contributed by atoms with Gasteiger partial charge >= 0.3 is 0 Å². The van der Waals surface area contributed by atoms with Gasteiger partial charge in [0, 0.05) is 11.5 Å². The fourth-order valence-electron chi connectivity index (χ4n) is 1.25. The Morgan fingerprint density at radius 3 is 2.79 bits per heavy atom. The molecular formula is C9H5BrN2O2. The van der Waals surface area contributed by atoms with Crippen molar-refractivity contribution >= 4 is 32.5 Å². The fourth-order valence-corrected chi connectivity index (χ4v) is 1.56.